The van der Waals surface area contributed by atoms with E-state index >= 15 is 0 Å². The number of hydrogen-bond acceptors (Lipinski definition) is 18. The molecule has 0 spiro atoms. The number of hydrogen-bond donors (Lipinski definition) is 3. The Balaban J connectivity index is 0.000000126. The van der Waals surface area contributed by atoms with Crippen molar-refractivity contribution in [2.24, 2.45) is 0 Å². The maximum absolute atomic E-state index is 14.6. The number of imidazole rings is 3. The third-order valence-electron chi connectivity index (χ3n) is 17.6. The van der Waals surface area contributed by atoms with Crippen LogP contribution in [0, 0.1) is 45.1 Å². The molecule has 0 bridgehead atoms. The Labute approximate surface area is 557 Å². The van der Waals surface area contributed by atoms with Crippen LogP contribution in [0.5, 0.6) is 17.2 Å². The zero-order valence-electron chi connectivity index (χ0n) is 54.2. The Kier molecular flexibility index (Phi) is 17.6. The third-order valence-corrected chi connectivity index (χ3v) is 19.4. The van der Waals surface area contributed by atoms with E-state index in [1.807, 2.05) is 64.8 Å². The van der Waals surface area contributed by atoms with Crippen LogP contribution in [-0.4, -0.2) is 126 Å². The number of nitrogens with zero attached hydrogens (tertiary/aromatic N) is 13. The minimum Gasteiger partial charge on any atom is -0.493 e. The summed E-state index contributed by atoms with van der Waals surface area (Å²) in [7, 11) is -0.519. The molecule has 0 aliphatic carbocycles. The van der Waals surface area contributed by atoms with Gasteiger partial charge in [0, 0.05) is 160 Å². The molecule has 7 aromatic heterocycles. The van der Waals surface area contributed by atoms with Gasteiger partial charge in [-0.3, -0.25) is 13.2 Å². The molecule has 4 aliphatic rings. The van der Waals surface area contributed by atoms with Gasteiger partial charge in [-0.05, 0) is 111 Å². The van der Waals surface area contributed by atoms with Gasteiger partial charge < -0.3 is 39.8 Å². The predicted octanol–water partition coefficient (Wildman–Crippen LogP) is 11.4. The number of rotatable bonds is 15. The minimum atomic E-state index is -3.52. The summed E-state index contributed by atoms with van der Waals surface area (Å²) in [5, 5.41) is 9.82. The van der Waals surface area contributed by atoms with Crippen LogP contribution in [-0.2, 0) is 53.7 Å². The van der Waals surface area contributed by atoms with Crippen molar-refractivity contribution in [3.05, 3.63) is 208 Å². The summed E-state index contributed by atoms with van der Waals surface area (Å²) < 4.78 is 97.3. The zero-order valence-corrected chi connectivity index (χ0v) is 55.0. The molecule has 1 saturated heterocycles. The van der Waals surface area contributed by atoms with Gasteiger partial charge in [-0.2, -0.15) is 0 Å². The highest BCUT2D eigenvalue weighted by atomic mass is 32.2. The molecule has 0 unspecified atom stereocenters. The Morgan fingerprint density at radius 2 is 0.969 bits per heavy atom. The number of aromatic nitrogens is 11. The molecule has 0 atom stereocenters. The number of nitrogens with one attached hydrogen (secondary N) is 3. The molecule has 3 N–H and O–H groups in total. The Bertz CT molecular complexity index is 5080. The quantitative estimate of drug-likeness (QED) is 0.0866. The van der Waals surface area contributed by atoms with Gasteiger partial charge >= 0.3 is 0 Å². The van der Waals surface area contributed by atoms with Crippen molar-refractivity contribution in [1.29, 1.82) is 0 Å². The number of aryl methyl sites for hydroxylation is 4. The molecule has 4 aliphatic heterocycles. The van der Waals surface area contributed by atoms with Crippen molar-refractivity contribution in [3.8, 4) is 50.8 Å². The van der Waals surface area contributed by atoms with Crippen LogP contribution < -0.4 is 35.1 Å². The smallest absolute Gasteiger partial charge is 0.242 e. The normalized spacial score (nSPS) is 13.9. The largest absolute Gasteiger partial charge is 0.493 e. The monoisotopic (exact) mass is 1330 g/mol. The van der Waals surface area contributed by atoms with Crippen molar-refractivity contribution >= 4 is 50.5 Å². The lowest BCUT2D eigenvalue weighted by Gasteiger charge is -2.29. The summed E-state index contributed by atoms with van der Waals surface area (Å²) in [5.41, 5.74) is 16.9. The van der Waals surface area contributed by atoms with E-state index in [0.29, 0.717) is 85.9 Å². The fourth-order valence-corrected chi connectivity index (χ4v) is 13.6. The Morgan fingerprint density at radius 3 is 1.42 bits per heavy atom. The van der Waals surface area contributed by atoms with Crippen LogP contribution in [0.3, 0.4) is 0 Å². The maximum Gasteiger partial charge on any atom is 0.242 e. The summed E-state index contributed by atoms with van der Waals surface area (Å²) in [6.45, 7) is 13.8. The summed E-state index contributed by atoms with van der Waals surface area (Å²) in [6, 6.07) is 24.4. The summed E-state index contributed by atoms with van der Waals surface area (Å²) in [6.07, 6.45) is 16.3. The molecular weight excluding hydrogens is 1260 g/mol. The molecule has 16 rings (SSSR count). The molecule has 97 heavy (non-hydrogen) atoms. The first kappa shape index (κ1) is 63.7. The summed E-state index contributed by atoms with van der Waals surface area (Å²) in [4.78, 5) is 38.7. The van der Waals surface area contributed by atoms with Crippen LogP contribution in [0.4, 0.5) is 36.7 Å². The number of benzene rings is 5. The van der Waals surface area contributed by atoms with Crippen molar-refractivity contribution < 1.29 is 40.5 Å². The van der Waals surface area contributed by atoms with Crippen molar-refractivity contribution in [1.82, 2.24) is 57.4 Å². The lowest BCUT2D eigenvalue weighted by Crippen LogP contribution is -2.36. The van der Waals surface area contributed by atoms with Gasteiger partial charge in [-0.25, -0.2) is 65.8 Å². The van der Waals surface area contributed by atoms with E-state index in [2.05, 4.69) is 75.9 Å². The highest BCUT2D eigenvalue weighted by molar-refractivity contribution is 7.89. The van der Waals surface area contributed by atoms with E-state index in [1.54, 1.807) is 61.1 Å². The average Bonchev–Trinajstić information content (AvgIpc) is 1.73. The number of anilines is 4. The Morgan fingerprint density at radius 1 is 0.515 bits per heavy atom. The number of fused-ring (bicyclic) bond motifs is 6. The first-order chi connectivity index (χ1) is 47.0. The van der Waals surface area contributed by atoms with Gasteiger partial charge in [-0.15, -0.1) is 0 Å². The topological polar surface area (TPSA) is 230 Å². The van der Waals surface area contributed by atoms with E-state index in [4.69, 9.17) is 28.9 Å². The summed E-state index contributed by atoms with van der Waals surface area (Å²) in [5.74, 6) is 3.25. The van der Waals surface area contributed by atoms with Crippen molar-refractivity contribution in [3.63, 3.8) is 0 Å². The highest BCUT2D eigenvalue weighted by Crippen LogP contribution is 2.37. The van der Waals surface area contributed by atoms with Crippen LogP contribution in [0.1, 0.15) is 56.0 Å². The predicted molar refractivity (Wildman–Crippen MR) is 362 cm³/mol. The van der Waals surface area contributed by atoms with E-state index in [1.165, 1.54) is 54.2 Å². The van der Waals surface area contributed by atoms with Gasteiger partial charge in [0.15, 0.2) is 5.65 Å². The van der Waals surface area contributed by atoms with Gasteiger partial charge in [0.05, 0.1) is 66.3 Å². The van der Waals surface area contributed by atoms with E-state index in [-0.39, 0.29) is 28.9 Å². The SMILES string of the molecule is Cc1cn2c(NCc3c(F)ccc4c3CCO4)ncc(-c3ccc(N4CCOCC4)cc3C)c2n1.Cc1cn2c(NCc3c(F)ccc4c3CCO4)ncc(-c3ccc(S(=O)(=O)N(C)C)cc3)c2n1.Cc1cn2c(NCc3c(F)ccc4c3CCO4)ncc(-c3ccncn3)c2n1. The second-order valence-corrected chi connectivity index (χ2v) is 26.2. The second kappa shape index (κ2) is 26.8. The van der Waals surface area contributed by atoms with Crippen molar-refractivity contribution in [2.45, 2.75) is 71.5 Å². The lowest BCUT2D eigenvalue weighted by atomic mass is 10.0. The van der Waals surface area contributed by atoms with E-state index in [9.17, 15) is 21.6 Å². The van der Waals surface area contributed by atoms with Gasteiger partial charge in [0.25, 0.3) is 0 Å². The molecular formula is C71H69F3N16O6S. The summed E-state index contributed by atoms with van der Waals surface area (Å²) >= 11 is 0. The zero-order chi connectivity index (χ0) is 67.1. The van der Waals surface area contributed by atoms with E-state index < -0.39 is 10.0 Å². The lowest BCUT2D eigenvalue weighted by molar-refractivity contribution is 0.122. The minimum absolute atomic E-state index is 0.212. The average molecular weight is 1330 g/mol. The fraction of sp³-hybridized carbons (Fsp3) is 0.268. The first-order valence-corrected chi connectivity index (χ1v) is 33.3. The maximum atomic E-state index is 14.6. The molecule has 1 fully saturated rings. The first-order valence-electron chi connectivity index (χ1n) is 31.8. The number of halogens is 3. The second-order valence-electron chi connectivity index (χ2n) is 24.1. The molecule has 496 valence electrons. The molecule has 11 heterocycles. The molecule has 5 aromatic carbocycles. The Hall–Kier alpha value is -10.7. The molecule has 12 aromatic rings. The number of morpholine rings is 1. The highest BCUT2D eigenvalue weighted by Gasteiger charge is 2.26. The van der Waals surface area contributed by atoms with Crippen LogP contribution in [0.15, 0.2) is 140 Å². The molecule has 0 radical (unpaired) electrons. The number of ether oxygens (including phenoxy) is 4. The fourth-order valence-electron chi connectivity index (χ4n) is 12.7. The van der Waals surface area contributed by atoms with Crippen LogP contribution in [0.25, 0.3) is 50.5 Å². The molecule has 26 heteroatoms. The molecule has 0 saturated carbocycles. The van der Waals surface area contributed by atoms with Crippen molar-refractivity contribution in [2.75, 3.05) is 81.1 Å². The van der Waals surface area contributed by atoms with Crippen LogP contribution in [0.2, 0.25) is 0 Å². The van der Waals surface area contributed by atoms with Gasteiger partial charge in [0.2, 0.25) is 27.9 Å². The standard InChI is InChI=1S/C27H28FN5O2.C24H24FN5O3S.C20H17FN6O/c1-17-13-19(32-8-11-34-12-9-32)3-4-20(17)23-15-30-27(33-16-18(2)31-26(23)33)29-14-22-21-7-10-35-25(21)6-5-24(22)28;1-15-14-30-23(28-15)19(16-4-6-17(7-5-16)34(31,32)29(2)3)12-26-24(30)27-13-20-18-10-11-33-22(18)9-8-21(20)25;1-12-10-27-19(26-12)15(17-4-6-22-11-25-17)9-24-20(27)23-8-14-13-5-7-28-18(13)3-2-16(14)21/h3-6,13,15-16H,7-12,14H2,1-2H3,(H,29,30);4-9,12,14H,10-11,13H2,1-3H3,(H,26,27);2-4,6,9-11H,5,7-8H2,1H3,(H,23,24). The van der Waals surface area contributed by atoms with Crippen LogP contribution >= 0.6 is 0 Å². The molecule has 0 amide bonds. The third kappa shape index (κ3) is 12.8. The molecule has 22 nitrogen and oxygen atoms in total. The van der Waals surface area contributed by atoms with Gasteiger partial charge in [-0.1, -0.05) is 18.2 Å². The number of sulfonamides is 1. The van der Waals surface area contributed by atoms with Gasteiger partial charge in [0.1, 0.15) is 52.3 Å². The van der Waals surface area contributed by atoms with E-state index in [0.717, 1.165) is 129 Å².